The van der Waals surface area contributed by atoms with Crippen LogP contribution in [0.4, 0.5) is 0 Å². The van der Waals surface area contributed by atoms with E-state index in [2.05, 4.69) is 82.8 Å². The second-order valence-electron chi connectivity index (χ2n) is 14.9. The van der Waals surface area contributed by atoms with Crippen LogP contribution in [0.5, 0.6) is 0 Å². The highest BCUT2D eigenvalue weighted by Gasteiger charge is 2.50. The molecule has 2 aliphatic carbocycles. The largest absolute Gasteiger partial charge is 0.462 e. The van der Waals surface area contributed by atoms with Crippen molar-refractivity contribution in [1.29, 1.82) is 0 Å². The lowest BCUT2D eigenvalue weighted by molar-refractivity contribution is -0.139. The van der Waals surface area contributed by atoms with Crippen molar-refractivity contribution in [3.63, 3.8) is 0 Å². The molecule has 0 atom stereocenters. The predicted octanol–water partition coefficient (Wildman–Crippen LogP) is 9.64. The molecular formula is C40H60O3Si. The predicted molar refractivity (Wildman–Crippen MR) is 188 cm³/mol. The standard InChI is InChI=1S/C40H60O3Si/c1-6-7-10-16-33-22-26-35(27-23-33)36-28-24-34(25-29-36)17-15-30-42-39(41)32(2)31-43-44(40(3,4)5,37-18-11-8-12-19-37)38-20-13-9-14-21-38/h8-9,11-14,18-21,33-36H,2,6-7,10,15-17,22-31H2,1,3-5H3. The first kappa shape index (κ1) is 34.7. The van der Waals surface area contributed by atoms with Crippen LogP contribution in [0.2, 0.25) is 5.04 Å². The minimum absolute atomic E-state index is 0.146. The van der Waals surface area contributed by atoms with E-state index in [0.29, 0.717) is 12.2 Å². The van der Waals surface area contributed by atoms with E-state index in [1.807, 2.05) is 12.1 Å². The molecule has 2 aromatic carbocycles. The fraction of sp³-hybridized carbons (Fsp3) is 0.625. The molecule has 4 heteroatoms. The number of carbonyl (C=O) groups excluding carboxylic acids is 1. The van der Waals surface area contributed by atoms with E-state index >= 15 is 0 Å². The minimum atomic E-state index is -2.72. The summed E-state index contributed by atoms with van der Waals surface area (Å²) in [5, 5.41) is 2.25. The van der Waals surface area contributed by atoms with E-state index < -0.39 is 8.32 Å². The average molecular weight is 617 g/mol. The van der Waals surface area contributed by atoms with Gasteiger partial charge < -0.3 is 9.16 Å². The van der Waals surface area contributed by atoms with Gasteiger partial charge in [-0.1, -0.05) is 146 Å². The van der Waals surface area contributed by atoms with Crippen molar-refractivity contribution in [2.75, 3.05) is 13.2 Å². The van der Waals surface area contributed by atoms with Gasteiger partial charge in [0, 0.05) is 0 Å². The third-order valence-electron chi connectivity index (χ3n) is 10.8. The maximum absolute atomic E-state index is 13.0. The third kappa shape index (κ3) is 9.19. The van der Waals surface area contributed by atoms with Crippen LogP contribution in [0.25, 0.3) is 0 Å². The molecule has 2 fully saturated rings. The number of carbonyl (C=O) groups is 1. The fourth-order valence-corrected chi connectivity index (χ4v) is 12.8. The Labute approximate surface area is 270 Å². The van der Waals surface area contributed by atoms with Crippen molar-refractivity contribution in [3.05, 3.63) is 72.8 Å². The first-order chi connectivity index (χ1) is 21.2. The molecule has 2 saturated carbocycles. The van der Waals surface area contributed by atoms with Crippen molar-refractivity contribution in [3.8, 4) is 0 Å². The Morgan fingerprint density at radius 3 is 1.68 bits per heavy atom. The van der Waals surface area contributed by atoms with E-state index in [1.165, 1.54) is 87.4 Å². The summed E-state index contributed by atoms with van der Waals surface area (Å²) in [6.07, 6.45) is 19.2. The van der Waals surface area contributed by atoms with E-state index in [-0.39, 0.29) is 17.6 Å². The lowest BCUT2D eigenvalue weighted by atomic mass is 9.68. The van der Waals surface area contributed by atoms with Crippen LogP contribution in [-0.2, 0) is 14.0 Å². The molecule has 0 radical (unpaired) electrons. The SMILES string of the molecule is C=C(CO[Si](c1ccccc1)(c1ccccc1)C(C)(C)C)C(=O)OCCCC1CCC(C2CCC(CCCCC)CC2)CC1. The second kappa shape index (κ2) is 16.9. The molecule has 2 aromatic rings. The molecule has 0 aliphatic heterocycles. The molecule has 4 rings (SSSR count). The molecule has 242 valence electrons. The molecule has 0 saturated heterocycles. The number of esters is 1. The van der Waals surface area contributed by atoms with Crippen molar-refractivity contribution < 1.29 is 14.0 Å². The summed E-state index contributed by atoms with van der Waals surface area (Å²) in [6.45, 7) is 13.8. The number of benzene rings is 2. The highest BCUT2D eigenvalue weighted by atomic mass is 28.4. The molecule has 3 nitrogen and oxygen atoms in total. The van der Waals surface area contributed by atoms with E-state index in [9.17, 15) is 4.79 Å². The highest BCUT2D eigenvalue weighted by molar-refractivity contribution is 6.99. The van der Waals surface area contributed by atoms with Crippen LogP contribution in [0, 0.1) is 23.7 Å². The molecular weight excluding hydrogens is 557 g/mol. The van der Waals surface area contributed by atoms with Gasteiger partial charge in [-0.2, -0.15) is 0 Å². The molecule has 44 heavy (non-hydrogen) atoms. The smallest absolute Gasteiger partial charge is 0.335 e. The van der Waals surface area contributed by atoms with Crippen molar-refractivity contribution in [1.82, 2.24) is 0 Å². The first-order valence-electron chi connectivity index (χ1n) is 17.8. The summed E-state index contributed by atoms with van der Waals surface area (Å²) >= 11 is 0. The van der Waals surface area contributed by atoms with Gasteiger partial charge in [-0.25, -0.2) is 4.79 Å². The van der Waals surface area contributed by atoms with Gasteiger partial charge in [0.15, 0.2) is 0 Å². The zero-order valence-corrected chi connectivity index (χ0v) is 29.3. The van der Waals surface area contributed by atoms with Crippen LogP contribution < -0.4 is 10.4 Å². The Morgan fingerprint density at radius 1 is 0.750 bits per heavy atom. The number of rotatable bonds is 15. The average Bonchev–Trinajstić information content (AvgIpc) is 3.04. The zero-order valence-electron chi connectivity index (χ0n) is 28.3. The van der Waals surface area contributed by atoms with Gasteiger partial charge in [0.2, 0.25) is 0 Å². The van der Waals surface area contributed by atoms with Gasteiger partial charge in [0.1, 0.15) is 0 Å². The maximum atomic E-state index is 13.0. The van der Waals surface area contributed by atoms with Crippen LogP contribution in [-0.4, -0.2) is 27.5 Å². The lowest BCUT2D eigenvalue weighted by Crippen LogP contribution is -2.66. The maximum Gasteiger partial charge on any atom is 0.335 e. The molecule has 0 aromatic heterocycles. The van der Waals surface area contributed by atoms with Gasteiger partial charge in [-0.3, -0.25) is 0 Å². The quantitative estimate of drug-likeness (QED) is 0.0865. The van der Waals surface area contributed by atoms with Gasteiger partial charge >= 0.3 is 5.97 Å². The van der Waals surface area contributed by atoms with Crippen LogP contribution in [0.1, 0.15) is 118 Å². The van der Waals surface area contributed by atoms with Crippen molar-refractivity contribution >= 4 is 24.7 Å². The molecule has 0 spiro atoms. The summed E-state index contributed by atoms with van der Waals surface area (Å²) in [5.41, 5.74) is 0.401. The summed E-state index contributed by atoms with van der Waals surface area (Å²) in [4.78, 5) is 13.0. The van der Waals surface area contributed by atoms with Crippen molar-refractivity contribution in [2.24, 2.45) is 23.7 Å². The molecule has 2 aliphatic rings. The van der Waals surface area contributed by atoms with E-state index in [1.54, 1.807) is 0 Å². The first-order valence-corrected chi connectivity index (χ1v) is 19.7. The summed E-state index contributed by atoms with van der Waals surface area (Å²) < 4.78 is 12.6. The monoisotopic (exact) mass is 616 g/mol. The minimum Gasteiger partial charge on any atom is -0.462 e. The second-order valence-corrected chi connectivity index (χ2v) is 19.2. The van der Waals surface area contributed by atoms with Gasteiger partial charge in [0.25, 0.3) is 8.32 Å². The molecule has 0 heterocycles. The third-order valence-corrected chi connectivity index (χ3v) is 15.8. The lowest BCUT2D eigenvalue weighted by Gasteiger charge is -2.43. The zero-order chi connectivity index (χ0) is 31.4. The number of unbranched alkanes of at least 4 members (excludes halogenated alkanes) is 2. The van der Waals surface area contributed by atoms with E-state index in [4.69, 9.17) is 9.16 Å². The van der Waals surface area contributed by atoms with Crippen molar-refractivity contribution in [2.45, 2.75) is 123 Å². The normalized spacial score (nSPS) is 22.8. The molecule has 0 unspecified atom stereocenters. The molecule has 0 bridgehead atoms. The Hall–Kier alpha value is -2.17. The van der Waals surface area contributed by atoms with Crippen LogP contribution >= 0.6 is 0 Å². The van der Waals surface area contributed by atoms with Gasteiger partial charge in [-0.05, 0) is 77.6 Å². The van der Waals surface area contributed by atoms with Gasteiger partial charge in [-0.15, -0.1) is 0 Å². The summed E-state index contributed by atoms with van der Waals surface area (Å²) in [5.74, 6) is 3.42. The Balaban J connectivity index is 1.19. The highest BCUT2D eigenvalue weighted by Crippen LogP contribution is 2.43. The fourth-order valence-electron chi connectivity index (χ4n) is 8.23. The topological polar surface area (TPSA) is 35.5 Å². The summed E-state index contributed by atoms with van der Waals surface area (Å²) in [6, 6.07) is 21.0. The molecule has 0 amide bonds. The number of hydrogen-bond acceptors (Lipinski definition) is 3. The summed E-state index contributed by atoms with van der Waals surface area (Å²) in [7, 11) is -2.72. The van der Waals surface area contributed by atoms with Gasteiger partial charge in [0.05, 0.1) is 18.8 Å². The Morgan fingerprint density at radius 2 is 1.23 bits per heavy atom. The molecule has 0 N–H and O–H groups in total. The number of ether oxygens (including phenoxy) is 1. The van der Waals surface area contributed by atoms with Crippen LogP contribution in [0.3, 0.4) is 0 Å². The van der Waals surface area contributed by atoms with E-state index in [0.717, 1.165) is 36.5 Å². The Bertz CT molecular complexity index is 1080. The van der Waals surface area contributed by atoms with Crippen LogP contribution in [0.15, 0.2) is 72.8 Å². The Kier molecular flexibility index (Phi) is 13.4. The number of hydrogen-bond donors (Lipinski definition) is 0.